The van der Waals surface area contributed by atoms with Crippen LogP contribution in [0, 0.1) is 5.92 Å². The molecule has 0 aromatic heterocycles. The van der Waals surface area contributed by atoms with Crippen LogP contribution < -0.4 is 10.7 Å². The number of hydrazine groups is 1. The Morgan fingerprint density at radius 2 is 2.38 bits per heavy atom. The first-order valence-corrected chi connectivity index (χ1v) is 5.11. The highest BCUT2D eigenvalue weighted by atomic mass is 16.2. The fraction of sp³-hybridized carbons (Fsp3) is 0.889. The molecule has 2 heterocycles. The summed E-state index contributed by atoms with van der Waals surface area (Å²) in [4.78, 5) is 11.3. The van der Waals surface area contributed by atoms with Gasteiger partial charge in [0.1, 0.15) is 0 Å². The van der Waals surface area contributed by atoms with Crippen molar-refractivity contribution in [1.29, 1.82) is 0 Å². The van der Waals surface area contributed by atoms with E-state index in [-0.39, 0.29) is 5.91 Å². The molecule has 1 unspecified atom stereocenters. The van der Waals surface area contributed by atoms with Gasteiger partial charge in [0.2, 0.25) is 5.91 Å². The van der Waals surface area contributed by atoms with Gasteiger partial charge in [-0.1, -0.05) is 0 Å². The average Bonchev–Trinajstić information content (AvgIpc) is 2.54. The molecule has 0 radical (unpaired) electrons. The summed E-state index contributed by atoms with van der Waals surface area (Å²) in [5, 5.41) is 5.15. The number of hydrogen-bond donors (Lipinski definition) is 2. The van der Waals surface area contributed by atoms with Crippen LogP contribution in [0.5, 0.6) is 0 Å². The minimum Gasteiger partial charge on any atom is -0.316 e. The lowest BCUT2D eigenvalue weighted by atomic mass is 10.00. The molecule has 0 aromatic carbocycles. The van der Waals surface area contributed by atoms with Crippen LogP contribution in [0.15, 0.2) is 0 Å². The van der Waals surface area contributed by atoms with E-state index in [2.05, 4.69) is 10.7 Å². The quantitative estimate of drug-likeness (QED) is 0.619. The highest BCUT2D eigenvalue weighted by Crippen LogP contribution is 2.12. The van der Waals surface area contributed by atoms with Gasteiger partial charge in [0.15, 0.2) is 0 Å². The molecular formula is C9H17N3O. The molecule has 2 fully saturated rings. The Kier molecular flexibility index (Phi) is 2.80. The van der Waals surface area contributed by atoms with E-state index in [1.807, 2.05) is 0 Å². The zero-order valence-corrected chi connectivity index (χ0v) is 7.88. The Hall–Kier alpha value is -0.610. The second kappa shape index (κ2) is 4.07. The molecular weight excluding hydrogens is 166 g/mol. The second-order valence-corrected chi connectivity index (χ2v) is 3.87. The first-order chi connectivity index (χ1) is 6.36. The average molecular weight is 183 g/mol. The Morgan fingerprint density at radius 3 is 3.00 bits per heavy atom. The van der Waals surface area contributed by atoms with Crippen LogP contribution in [0.2, 0.25) is 0 Å². The number of hydrogen-bond acceptors (Lipinski definition) is 3. The van der Waals surface area contributed by atoms with Gasteiger partial charge in [-0.25, -0.2) is 5.43 Å². The Morgan fingerprint density at radius 1 is 1.46 bits per heavy atom. The van der Waals surface area contributed by atoms with Crippen LogP contribution in [-0.2, 0) is 4.79 Å². The molecule has 0 aliphatic carbocycles. The van der Waals surface area contributed by atoms with E-state index < -0.39 is 0 Å². The van der Waals surface area contributed by atoms with Crippen LogP contribution in [-0.4, -0.2) is 37.1 Å². The number of carbonyl (C=O) groups is 1. The molecule has 0 aromatic rings. The van der Waals surface area contributed by atoms with Crippen molar-refractivity contribution in [2.75, 3.05) is 26.2 Å². The molecule has 2 N–H and O–H groups in total. The van der Waals surface area contributed by atoms with Crippen molar-refractivity contribution in [3.8, 4) is 0 Å². The van der Waals surface area contributed by atoms with Crippen molar-refractivity contribution in [2.45, 2.75) is 19.3 Å². The molecule has 13 heavy (non-hydrogen) atoms. The maximum atomic E-state index is 11.3. The Bertz CT molecular complexity index is 189. The van der Waals surface area contributed by atoms with Crippen LogP contribution in [0.4, 0.5) is 0 Å². The smallest absolute Gasteiger partial charge is 0.238 e. The summed E-state index contributed by atoms with van der Waals surface area (Å²) in [5.41, 5.74) is 3.11. The number of piperidine rings is 1. The number of rotatable bonds is 2. The second-order valence-electron chi connectivity index (χ2n) is 3.87. The van der Waals surface area contributed by atoms with Crippen molar-refractivity contribution < 1.29 is 4.79 Å². The molecule has 2 rings (SSSR count). The van der Waals surface area contributed by atoms with Gasteiger partial charge in [-0.05, 0) is 31.8 Å². The Balaban J connectivity index is 1.79. The maximum absolute atomic E-state index is 11.3. The van der Waals surface area contributed by atoms with Crippen molar-refractivity contribution in [1.82, 2.24) is 15.8 Å². The molecule has 0 spiro atoms. The first kappa shape index (κ1) is 8.97. The fourth-order valence-electron chi connectivity index (χ4n) is 2.03. The lowest BCUT2D eigenvalue weighted by Crippen LogP contribution is -2.42. The van der Waals surface area contributed by atoms with Crippen LogP contribution in [0.1, 0.15) is 19.3 Å². The summed E-state index contributed by atoms with van der Waals surface area (Å²) in [6, 6.07) is 0. The summed E-state index contributed by atoms with van der Waals surface area (Å²) in [7, 11) is 0. The zero-order valence-electron chi connectivity index (χ0n) is 7.88. The predicted octanol–water partition coefficient (Wildman–Crippen LogP) is -0.277. The maximum Gasteiger partial charge on any atom is 0.238 e. The molecule has 74 valence electrons. The number of nitrogens with zero attached hydrogens (tertiary/aromatic N) is 1. The lowest BCUT2D eigenvalue weighted by molar-refractivity contribution is -0.130. The molecule has 0 bridgehead atoms. The van der Waals surface area contributed by atoms with Gasteiger partial charge in [0.25, 0.3) is 0 Å². The molecule has 4 heteroatoms. The molecule has 2 aliphatic heterocycles. The van der Waals surface area contributed by atoms with E-state index in [1.54, 1.807) is 5.01 Å². The third kappa shape index (κ3) is 2.19. The molecule has 1 amide bonds. The Labute approximate surface area is 78.6 Å². The minimum absolute atomic E-state index is 0.255. The van der Waals surface area contributed by atoms with E-state index >= 15 is 0 Å². The van der Waals surface area contributed by atoms with Gasteiger partial charge >= 0.3 is 0 Å². The van der Waals surface area contributed by atoms with E-state index in [4.69, 9.17) is 0 Å². The van der Waals surface area contributed by atoms with Gasteiger partial charge < -0.3 is 5.32 Å². The summed E-state index contributed by atoms with van der Waals surface area (Å²) in [5.74, 6) is 0.897. The van der Waals surface area contributed by atoms with Crippen molar-refractivity contribution in [3.63, 3.8) is 0 Å². The molecule has 0 saturated carbocycles. The monoisotopic (exact) mass is 183 g/mol. The minimum atomic E-state index is 0.255. The molecule has 2 saturated heterocycles. The number of nitrogens with one attached hydrogen (secondary N) is 2. The van der Waals surface area contributed by atoms with Gasteiger partial charge in [0, 0.05) is 19.5 Å². The van der Waals surface area contributed by atoms with Crippen molar-refractivity contribution >= 4 is 5.91 Å². The van der Waals surface area contributed by atoms with E-state index in [0.717, 1.165) is 26.2 Å². The predicted molar refractivity (Wildman–Crippen MR) is 49.9 cm³/mol. The summed E-state index contributed by atoms with van der Waals surface area (Å²) >= 11 is 0. The third-order valence-electron chi connectivity index (χ3n) is 2.78. The van der Waals surface area contributed by atoms with Gasteiger partial charge in [-0.15, -0.1) is 0 Å². The standard InChI is InChI=1S/C9H17N3O/c13-9-3-5-11-12(9)7-8-2-1-4-10-6-8/h8,10-11H,1-7H2. The zero-order chi connectivity index (χ0) is 9.10. The van der Waals surface area contributed by atoms with E-state index in [1.165, 1.54) is 12.8 Å². The largest absolute Gasteiger partial charge is 0.316 e. The lowest BCUT2D eigenvalue weighted by Gasteiger charge is -2.27. The van der Waals surface area contributed by atoms with Gasteiger partial charge in [-0.2, -0.15) is 0 Å². The van der Waals surface area contributed by atoms with E-state index in [9.17, 15) is 4.79 Å². The van der Waals surface area contributed by atoms with Crippen LogP contribution in [0.3, 0.4) is 0 Å². The summed E-state index contributed by atoms with van der Waals surface area (Å²) < 4.78 is 0. The number of amides is 1. The van der Waals surface area contributed by atoms with Crippen LogP contribution in [0.25, 0.3) is 0 Å². The fourth-order valence-corrected chi connectivity index (χ4v) is 2.03. The molecule has 1 atom stereocenters. The normalized spacial score (nSPS) is 29.7. The van der Waals surface area contributed by atoms with Gasteiger partial charge in [-0.3, -0.25) is 9.80 Å². The SMILES string of the molecule is O=C1CCNN1CC1CCCNC1. The van der Waals surface area contributed by atoms with Gasteiger partial charge in [0.05, 0.1) is 0 Å². The molecule has 4 nitrogen and oxygen atoms in total. The molecule has 2 aliphatic rings. The van der Waals surface area contributed by atoms with Crippen molar-refractivity contribution in [3.05, 3.63) is 0 Å². The first-order valence-electron chi connectivity index (χ1n) is 5.11. The highest BCUT2D eigenvalue weighted by molar-refractivity contribution is 5.77. The van der Waals surface area contributed by atoms with Crippen LogP contribution >= 0.6 is 0 Å². The topological polar surface area (TPSA) is 44.4 Å². The highest BCUT2D eigenvalue weighted by Gasteiger charge is 2.23. The van der Waals surface area contributed by atoms with E-state index in [0.29, 0.717) is 12.3 Å². The number of carbonyl (C=O) groups excluding carboxylic acids is 1. The third-order valence-corrected chi connectivity index (χ3v) is 2.78. The van der Waals surface area contributed by atoms with Crippen molar-refractivity contribution in [2.24, 2.45) is 5.92 Å². The summed E-state index contributed by atoms with van der Waals surface area (Å²) in [6.07, 6.45) is 3.16. The summed E-state index contributed by atoms with van der Waals surface area (Å²) in [6.45, 7) is 3.90.